The van der Waals surface area contributed by atoms with Crippen LogP contribution >= 0.6 is 0 Å². The molecule has 186 valence electrons. The van der Waals surface area contributed by atoms with E-state index in [0.717, 1.165) is 16.8 Å². The van der Waals surface area contributed by atoms with Crippen LogP contribution in [0.4, 0.5) is 11.4 Å². The fraction of sp³-hybridized carbons (Fsp3) is 0.346. The molecule has 0 radical (unpaired) electrons. The quantitative estimate of drug-likeness (QED) is 0.330. The second kappa shape index (κ2) is 11.5. The van der Waals surface area contributed by atoms with E-state index in [2.05, 4.69) is 15.6 Å². The average Bonchev–Trinajstić information content (AvgIpc) is 2.83. The molecule has 9 heteroatoms. The summed E-state index contributed by atoms with van der Waals surface area (Å²) in [6.07, 6.45) is 2.15. The molecule has 1 aromatic heterocycles. The van der Waals surface area contributed by atoms with Crippen molar-refractivity contribution in [3.63, 3.8) is 0 Å². The maximum atomic E-state index is 12.3. The van der Waals surface area contributed by atoms with Crippen LogP contribution in [0.3, 0.4) is 0 Å². The molecular weight excluding hydrogens is 446 g/mol. The average molecular weight is 480 g/mol. The number of anilines is 2. The topological polar surface area (TPSA) is 142 Å². The van der Waals surface area contributed by atoms with E-state index >= 15 is 0 Å². The van der Waals surface area contributed by atoms with Crippen molar-refractivity contribution in [1.29, 1.82) is 0 Å². The van der Waals surface area contributed by atoms with E-state index < -0.39 is 11.9 Å². The molecule has 2 amide bonds. The molecule has 35 heavy (non-hydrogen) atoms. The van der Waals surface area contributed by atoms with Crippen LogP contribution in [0.2, 0.25) is 0 Å². The zero-order valence-corrected chi connectivity index (χ0v) is 20.6. The van der Waals surface area contributed by atoms with Crippen LogP contribution in [-0.4, -0.2) is 36.1 Å². The van der Waals surface area contributed by atoms with Crippen molar-refractivity contribution < 1.29 is 19.1 Å². The first kappa shape index (κ1) is 25.8. The van der Waals surface area contributed by atoms with Crippen LogP contribution in [0, 0.1) is 0 Å². The summed E-state index contributed by atoms with van der Waals surface area (Å²) in [6, 6.07) is 8.77. The van der Waals surface area contributed by atoms with Gasteiger partial charge in [0.1, 0.15) is 0 Å². The Morgan fingerprint density at radius 1 is 1.09 bits per heavy atom. The van der Waals surface area contributed by atoms with Gasteiger partial charge in [0.15, 0.2) is 11.5 Å². The summed E-state index contributed by atoms with van der Waals surface area (Å²) in [5, 5.41) is 6.94. The number of ether oxygens (including phenoxy) is 2. The van der Waals surface area contributed by atoms with Crippen LogP contribution in [0.5, 0.6) is 11.5 Å². The Morgan fingerprint density at radius 2 is 1.77 bits per heavy atom. The summed E-state index contributed by atoms with van der Waals surface area (Å²) in [7, 11) is 0. The number of nitrogens with two attached hydrogens (primary N) is 2. The highest BCUT2D eigenvalue weighted by Gasteiger charge is 2.19. The Bertz CT molecular complexity index is 1230. The molecule has 9 nitrogen and oxygen atoms in total. The fourth-order valence-corrected chi connectivity index (χ4v) is 3.87. The van der Waals surface area contributed by atoms with Gasteiger partial charge in [-0.15, -0.1) is 0 Å². The number of hydrogen-bond acceptors (Lipinski definition) is 7. The third-order valence-electron chi connectivity index (χ3n) is 5.55. The normalized spacial score (nSPS) is 11.7. The Hall–Kier alpha value is -3.85. The Morgan fingerprint density at radius 3 is 2.37 bits per heavy atom. The molecule has 0 spiro atoms. The van der Waals surface area contributed by atoms with Crippen LogP contribution in [0.1, 0.15) is 49.2 Å². The van der Waals surface area contributed by atoms with Crippen molar-refractivity contribution in [3.05, 3.63) is 53.2 Å². The number of aromatic nitrogens is 1. The third kappa shape index (κ3) is 5.81. The van der Waals surface area contributed by atoms with Gasteiger partial charge >= 0.3 is 0 Å². The number of fused-ring (bicyclic) bond motifs is 1. The van der Waals surface area contributed by atoms with Crippen LogP contribution in [0.25, 0.3) is 10.9 Å². The molecule has 0 aliphatic carbocycles. The molecule has 0 fully saturated rings. The summed E-state index contributed by atoms with van der Waals surface area (Å²) in [5.41, 5.74) is 15.5. The predicted molar refractivity (Wildman–Crippen MR) is 137 cm³/mol. The van der Waals surface area contributed by atoms with Crippen LogP contribution in [-0.2, 0) is 17.8 Å². The lowest BCUT2D eigenvalue weighted by Gasteiger charge is -2.19. The molecule has 0 saturated heterocycles. The number of carbonyl (C=O) groups is 2. The van der Waals surface area contributed by atoms with Crippen molar-refractivity contribution in [3.8, 4) is 11.5 Å². The van der Waals surface area contributed by atoms with Crippen molar-refractivity contribution in [1.82, 2.24) is 10.3 Å². The molecule has 0 bridgehead atoms. The van der Waals surface area contributed by atoms with Crippen LogP contribution in [0.15, 0.2) is 36.5 Å². The van der Waals surface area contributed by atoms with E-state index in [1.807, 2.05) is 45.0 Å². The minimum atomic E-state index is -0.604. The van der Waals surface area contributed by atoms with Gasteiger partial charge in [-0.1, -0.05) is 19.1 Å². The van der Waals surface area contributed by atoms with Crippen molar-refractivity contribution in [2.45, 2.75) is 46.7 Å². The van der Waals surface area contributed by atoms with Gasteiger partial charge in [-0.3, -0.25) is 14.6 Å². The Kier molecular flexibility index (Phi) is 8.48. The molecule has 0 aliphatic heterocycles. The third-order valence-corrected chi connectivity index (χ3v) is 5.55. The maximum absolute atomic E-state index is 12.3. The summed E-state index contributed by atoms with van der Waals surface area (Å²) >= 11 is 0. The van der Waals surface area contributed by atoms with E-state index in [9.17, 15) is 9.59 Å². The van der Waals surface area contributed by atoms with Crippen molar-refractivity contribution >= 4 is 34.1 Å². The highest BCUT2D eigenvalue weighted by molar-refractivity contribution is 6.08. The van der Waals surface area contributed by atoms with E-state index in [1.165, 1.54) is 6.20 Å². The van der Waals surface area contributed by atoms with Gasteiger partial charge in [0, 0.05) is 29.9 Å². The van der Waals surface area contributed by atoms with Gasteiger partial charge in [0.05, 0.1) is 36.0 Å². The number of nitrogens with zero attached hydrogens (tertiary/aromatic N) is 1. The highest BCUT2D eigenvalue weighted by atomic mass is 16.5. The number of amides is 2. The standard InChI is InChI=1S/C26H33N5O4/c1-5-17-16(13-30-26(33)15(4)27)9-8-10-20(17)31-24-18-11-22(34-6-2)23(35-7-3)12-21(18)29-14-19(24)25(28)32/h8-12,14-15H,5-7,13,27H2,1-4H3,(H2,28,32)(H,29,31)(H,30,33). The number of carbonyl (C=O) groups excluding carboxylic acids is 2. The second-order valence-electron chi connectivity index (χ2n) is 8.02. The summed E-state index contributed by atoms with van der Waals surface area (Å²) in [6.45, 7) is 8.71. The summed E-state index contributed by atoms with van der Waals surface area (Å²) < 4.78 is 11.5. The smallest absolute Gasteiger partial charge is 0.252 e. The van der Waals surface area contributed by atoms with Gasteiger partial charge in [-0.25, -0.2) is 0 Å². The lowest BCUT2D eigenvalue weighted by atomic mass is 10.0. The van der Waals surface area contributed by atoms with Gasteiger partial charge in [0.25, 0.3) is 5.91 Å². The van der Waals surface area contributed by atoms with Crippen LogP contribution < -0.4 is 31.6 Å². The maximum Gasteiger partial charge on any atom is 0.252 e. The first-order chi connectivity index (χ1) is 16.8. The molecule has 3 aromatic rings. The Balaban J connectivity index is 2.12. The Labute approximate surface area is 205 Å². The first-order valence-corrected chi connectivity index (χ1v) is 11.7. The number of nitrogens with one attached hydrogen (secondary N) is 2. The van der Waals surface area contributed by atoms with E-state index in [-0.39, 0.29) is 11.5 Å². The number of pyridine rings is 1. The van der Waals surface area contributed by atoms with Gasteiger partial charge in [-0.2, -0.15) is 0 Å². The SMILES string of the molecule is CCOc1cc2ncc(C(N)=O)c(Nc3cccc(CNC(=O)C(C)N)c3CC)c2cc1OCC. The lowest BCUT2D eigenvalue weighted by Crippen LogP contribution is -2.38. The highest BCUT2D eigenvalue weighted by Crippen LogP contribution is 2.38. The largest absolute Gasteiger partial charge is 0.490 e. The summed E-state index contributed by atoms with van der Waals surface area (Å²) in [4.78, 5) is 28.7. The molecule has 1 unspecified atom stereocenters. The zero-order chi connectivity index (χ0) is 25.5. The molecule has 0 saturated carbocycles. The van der Waals surface area contributed by atoms with E-state index in [1.54, 1.807) is 13.0 Å². The summed E-state index contributed by atoms with van der Waals surface area (Å²) in [5.74, 6) is 0.298. The number of rotatable bonds is 11. The van der Waals surface area contributed by atoms with E-state index in [4.69, 9.17) is 20.9 Å². The van der Waals surface area contributed by atoms with Gasteiger partial charge in [0.2, 0.25) is 5.91 Å². The molecule has 6 N–H and O–H groups in total. The number of benzene rings is 2. The zero-order valence-electron chi connectivity index (χ0n) is 20.6. The fourth-order valence-electron chi connectivity index (χ4n) is 3.87. The molecule has 2 aromatic carbocycles. The molecular formula is C26H33N5O4. The molecule has 1 atom stereocenters. The minimum Gasteiger partial charge on any atom is -0.490 e. The molecule has 0 aliphatic rings. The van der Waals surface area contributed by atoms with Crippen molar-refractivity contribution in [2.75, 3.05) is 18.5 Å². The monoisotopic (exact) mass is 479 g/mol. The minimum absolute atomic E-state index is 0.227. The van der Waals surface area contributed by atoms with Gasteiger partial charge in [-0.05, 0) is 50.5 Å². The lowest BCUT2D eigenvalue weighted by molar-refractivity contribution is -0.122. The van der Waals surface area contributed by atoms with Crippen molar-refractivity contribution in [2.24, 2.45) is 11.5 Å². The molecule has 1 heterocycles. The second-order valence-corrected chi connectivity index (χ2v) is 8.02. The van der Waals surface area contributed by atoms with E-state index in [0.29, 0.717) is 54.3 Å². The first-order valence-electron chi connectivity index (χ1n) is 11.7. The molecule has 3 rings (SSSR count). The predicted octanol–water partition coefficient (Wildman–Crippen LogP) is 3.40. The number of primary amides is 1. The van der Waals surface area contributed by atoms with Gasteiger partial charge < -0.3 is 31.6 Å². The number of hydrogen-bond donors (Lipinski definition) is 4.